The molecule has 1 heterocycles. The van der Waals surface area contributed by atoms with Crippen LogP contribution in [0.25, 0.3) is 0 Å². The van der Waals surface area contributed by atoms with Crippen LogP contribution in [0.3, 0.4) is 0 Å². The normalized spacial score (nSPS) is 20.6. The molecular formula is C7H21N5O. The fraction of sp³-hybridized carbons (Fsp3) is 0.714. The molecule has 6 heteroatoms. The van der Waals surface area contributed by atoms with Gasteiger partial charge in [-0.25, -0.2) is 5.90 Å². The first-order chi connectivity index (χ1) is 5.83. The quantitative estimate of drug-likeness (QED) is 0.265. The Labute approximate surface area is 80.1 Å². The Kier molecular flexibility index (Phi) is 6.25. The van der Waals surface area contributed by atoms with E-state index in [0.29, 0.717) is 6.73 Å². The van der Waals surface area contributed by atoms with Gasteiger partial charge in [0.15, 0.2) is 0 Å². The molecule has 13 heavy (non-hydrogen) atoms. The average Bonchev–Trinajstić information content (AvgIpc) is 2.05. The summed E-state index contributed by atoms with van der Waals surface area (Å²) in [6, 6.07) is 0. The van der Waals surface area contributed by atoms with Crippen LogP contribution >= 0.6 is 0 Å². The molecule has 0 aromatic carbocycles. The standard InChI is InChI=1S/C7H16N4O.H3N.H2/c1-11-3-2-10-7(5-11)4-9-6-12-8;;/h4,9-10H,2-3,5-6,8H2,1H3;1H3;1H/b7-4-;;. The lowest BCUT2D eigenvalue weighted by Gasteiger charge is -2.25. The molecule has 0 bridgehead atoms. The van der Waals surface area contributed by atoms with Crippen molar-refractivity contribution in [3.05, 3.63) is 11.9 Å². The molecule has 0 aromatic heterocycles. The van der Waals surface area contributed by atoms with Gasteiger partial charge in [0.2, 0.25) is 0 Å². The van der Waals surface area contributed by atoms with Gasteiger partial charge in [0.05, 0.1) is 0 Å². The van der Waals surface area contributed by atoms with Gasteiger partial charge in [-0.05, 0) is 7.05 Å². The maximum Gasteiger partial charge on any atom is 0.137 e. The maximum absolute atomic E-state index is 4.85. The zero-order valence-electron chi connectivity index (χ0n) is 8.05. The van der Waals surface area contributed by atoms with E-state index in [0.717, 1.165) is 19.6 Å². The van der Waals surface area contributed by atoms with Crippen LogP contribution < -0.4 is 22.7 Å². The number of nitrogens with zero attached hydrogens (tertiary/aromatic N) is 1. The van der Waals surface area contributed by atoms with Crippen LogP contribution in [0.15, 0.2) is 11.9 Å². The van der Waals surface area contributed by atoms with Crippen molar-refractivity contribution >= 4 is 0 Å². The van der Waals surface area contributed by atoms with Crippen molar-refractivity contribution in [3.63, 3.8) is 0 Å². The van der Waals surface area contributed by atoms with Crippen LogP contribution in [0.2, 0.25) is 0 Å². The van der Waals surface area contributed by atoms with E-state index in [4.69, 9.17) is 5.90 Å². The van der Waals surface area contributed by atoms with Crippen LogP contribution in [0, 0.1) is 0 Å². The van der Waals surface area contributed by atoms with Crippen molar-refractivity contribution in [3.8, 4) is 0 Å². The van der Waals surface area contributed by atoms with Crippen molar-refractivity contribution in [2.24, 2.45) is 5.90 Å². The monoisotopic (exact) mass is 191 g/mol. The lowest BCUT2D eigenvalue weighted by atomic mass is 10.3. The van der Waals surface area contributed by atoms with Gasteiger partial charge in [0.25, 0.3) is 0 Å². The predicted octanol–water partition coefficient (Wildman–Crippen LogP) is -0.792. The Morgan fingerprint density at radius 1 is 1.85 bits per heavy atom. The number of nitrogens with one attached hydrogen (secondary N) is 2. The van der Waals surface area contributed by atoms with Crippen molar-refractivity contribution in [2.45, 2.75) is 0 Å². The summed E-state index contributed by atoms with van der Waals surface area (Å²) in [5, 5.41) is 6.20. The van der Waals surface area contributed by atoms with E-state index < -0.39 is 0 Å². The highest BCUT2D eigenvalue weighted by molar-refractivity contribution is 5.03. The van der Waals surface area contributed by atoms with Gasteiger partial charge in [-0.3, -0.25) is 9.74 Å². The minimum absolute atomic E-state index is 0. The topological polar surface area (TPSA) is 97.5 Å². The van der Waals surface area contributed by atoms with Crippen LogP contribution in [-0.4, -0.2) is 38.3 Å². The minimum Gasteiger partial charge on any atom is -0.385 e. The van der Waals surface area contributed by atoms with Crippen LogP contribution in [0.4, 0.5) is 0 Å². The van der Waals surface area contributed by atoms with E-state index in [1.807, 2.05) is 6.20 Å². The van der Waals surface area contributed by atoms with E-state index in [9.17, 15) is 0 Å². The molecule has 1 rings (SSSR count). The largest absolute Gasteiger partial charge is 0.385 e. The molecule has 0 saturated carbocycles. The summed E-state index contributed by atoms with van der Waals surface area (Å²) in [6.45, 7) is 3.37. The highest BCUT2D eigenvalue weighted by Gasteiger charge is 2.07. The van der Waals surface area contributed by atoms with Crippen molar-refractivity contribution in [1.29, 1.82) is 0 Å². The van der Waals surface area contributed by atoms with Gasteiger partial charge < -0.3 is 16.8 Å². The minimum atomic E-state index is 0. The SMILES string of the molecule is CN1CCN/C(=C\NCON)C1.N.[HH]. The molecule has 1 fully saturated rings. The molecule has 0 unspecified atom stereocenters. The number of nitrogens with two attached hydrogens (primary N) is 1. The average molecular weight is 191 g/mol. The smallest absolute Gasteiger partial charge is 0.137 e. The maximum atomic E-state index is 4.85. The third-order valence-corrected chi connectivity index (χ3v) is 1.73. The summed E-state index contributed by atoms with van der Waals surface area (Å²) >= 11 is 0. The molecule has 1 aliphatic rings. The van der Waals surface area contributed by atoms with Crippen LogP contribution in [0.5, 0.6) is 0 Å². The molecule has 1 aliphatic heterocycles. The molecule has 0 radical (unpaired) electrons. The predicted molar refractivity (Wildman–Crippen MR) is 54.0 cm³/mol. The van der Waals surface area contributed by atoms with Crippen molar-refractivity contribution in [2.75, 3.05) is 33.4 Å². The molecule has 1 saturated heterocycles. The summed E-state index contributed by atoms with van der Waals surface area (Å²) < 4.78 is 0. The molecule has 80 valence electrons. The summed E-state index contributed by atoms with van der Waals surface area (Å²) in [5.41, 5.74) is 1.17. The molecule has 6 nitrogen and oxygen atoms in total. The van der Waals surface area contributed by atoms with E-state index in [1.165, 1.54) is 5.70 Å². The first kappa shape index (κ1) is 12.2. The molecule has 0 aromatic rings. The molecular weight excluding hydrogens is 170 g/mol. The van der Waals surface area contributed by atoms with Crippen molar-refractivity contribution < 1.29 is 6.26 Å². The second-order valence-corrected chi connectivity index (χ2v) is 2.85. The molecule has 0 atom stereocenters. The van der Waals surface area contributed by atoms with E-state index in [1.54, 1.807) is 0 Å². The van der Waals surface area contributed by atoms with E-state index in [-0.39, 0.29) is 7.58 Å². The number of piperazine rings is 1. The van der Waals surface area contributed by atoms with E-state index in [2.05, 4.69) is 27.4 Å². The number of hydrogen-bond acceptors (Lipinski definition) is 6. The van der Waals surface area contributed by atoms with Gasteiger partial charge >= 0.3 is 0 Å². The highest BCUT2D eigenvalue weighted by atomic mass is 16.6. The van der Waals surface area contributed by atoms with Gasteiger partial charge in [-0.1, -0.05) is 0 Å². The van der Waals surface area contributed by atoms with Crippen molar-refractivity contribution in [1.82, 2.24) is 21.7 Å². The zero-order valence-corrected chi connectivity index (χ0v) is 8.05. The Morgan fingerprint density at radius 2 is 2.62 bits per heavy atom. The molecule has 7 N–H and O–H groups in total. The number of rotatable bonds is 3. The summed E-state index contributed by atoms with van der Waals surface area (Å²) in [5.74, 6) is 4.85. The van der Waals surface area contributed by atoms with Gasteiger partial charge in [-0.2, -0.15) is 0 Å². The Morgan fingerprint density at radius 3 is 3.23 bits per heavy atom. The van der Waals surface area contributed by atoms with E-state index >= 15 is 0 Å². The van der Waals surface area contributed by atoms with Gasteiger partial charge in [0, 0.05) is 33.0 Å². The Hall–Kier alpha value is -0.820. The van der Waals surface area contributed by atoms with Crippen LogP contribution in [-0.2, 0) is 4.84 Å². The summed E-state index contributed by atoms with van der Waals surface area (Å²) in [6.07, 6.45) is 1.89. The molecule has 0 amide bonds. The van der Waals surface area contributed by atoms with Gasteiger partial charge in [0.1, 0.15) is 6.73 Å². The number of hydrogen-bond donors (Lipinski definition) is 4. The zero-order chi connectivity index (χ0) is 8.81. The lowest BCUT2D eigenvalue weighted by Crippen LogP contribution is -2.40. The first-order valence-electron chi connectivity index (χ1n) is 3.99. The fourth-order valence-corrected chi connectivity index (χ4v) is 1.14. The Bertz CT molecular complexity index is 166. The first-order valence-corrected chi connectivity index (χ1v) is 3.99. The molecule has 0 aliphatic carbocycles. The molecule has 0 spiro atoms. The second-order valence-electron chi connectivity index (χ2n) is 2.85. The third kappa shape index (κ3) is 4.69. The second kappa shape index (κ2) is 6.67. The summed E-state index contributed by atoms with van der Waals surface area (Å²) in [4.78, 5) is 6.61. The Balaban J connectivity index is 0. The number of likely N-dealkylation sites (N-methyl/N-ethyl adjacent to an activating group) is 1. The van der Waals surface area contributed by atoms with Crippen LogP contribution in [0.1, 0.15) is 1.43 Å². The fourth-order valence-electron chi connectivity index (χ4n) is 1.14. The third-order valence-electron chi connectivity index (χ3n) is 1.73. The lowest BCUT2D eigenvalue weighted by molar-refractivity contribution is 0.128. The summed E-state index contributed by atoms with van der Waals surface area (Å²) in [7, 11) is 2.09. The highest BCUT2D eigenvalue weighted by Crippen LogP contribution is 1.97. The van der Waals surface area contributed by atoms with Gasteiger partial charge in [-0.15, -0.1) is 0 Å².